The lowest BCUT2D eigenvalue weighted by Crippen LogP contribution is -2.56. The molecule has 0 aromatic carbocycles. The van der Waals surface area contributed by atoms with Gasteiger partial charge in [0.1, 0.15) is 6.23 Å². The van der Waals surface area contributed by atoms with E-state index in [4.69, 9.17) is 13.0 Å². The Morgan fingerprint density at radius 1 is 0.778 bits per heavy atom. The molecule has 27 heavy (non-hydrogen) atoms. The molecule has 0 aromatic rings. The Balaban J connectivity index is 0. The van der Waals surface area contributed by atoms with E-state index in [0.29, 0.717) is 17.4 Å². The molecular formula is C17H38O6Si4. The van der Waals surface area contributed by atoms with Gasteiger partial charge < -0.3 is 17.7 Å². The normalized spacial score (nSPS) is 11.9. The molecule has 0 aromatic heterocycles. The van der Waals surface area contributed by atoms with Crippen LogP contribution in [0.5, 0.6) is 0 Å². The Morgan fingerprint density at radius 2 is 1.11 bits per heavy atom. The van der Waals surface area contributed by atoms with Crippen molar-refractivity contribution >= 4 is 47.4 Å². The van der Waals surface area contributed by atoms with Crippen LogP contribution in [0.25, 0.3) is 0 Å². The maximum absolute atomic E-state index is 11.5. The molecular weight excluding hydrogens is 413 g/mol. The fourth-order valence-electron chi connectivity index (χ4n) is 1.95. The van der Waals surface area contributed by atoms with E-state index in [1.165, 1.54) is 0 Å². The fourth-order valence-corrected chi connectivity index (χ4v) is 14.0. The van der Waals surface area contributed by atoms with Crippen molar-refractivity contribution in [1.82, 2.24) is 0 Å². The highest BCUT2D eigenvalue weighted by atomic mass is 28.5. The molecule has 0 radical (unpaired) electrons. The average molecular weight is 451 g/mol. The monoisotopic (exact) mass is 450 g/mol. The van der Waals surface area contributed by atoms with E-state index in [-0.39, 0.29) is 18.2 Å². The SMILES string of the molecule is C=C(C)C(=O)OC[SiH3].C=C(C)C(=O)OC[Si](C)(O[Si](C)(C)C)O[Si](C)(C)C. The molecule has 0 heterocycles. The van der Waals surface area contributed by atoms with Gasteiger partial charge in [0.15, 0.2) is 16.6 Å². The number of hydrogen-bond donors (Lipinski definition) is 0. The van der Waals surface area contributed by atoms with Gasteiger partial charge in [-0.1, -0.05) is 13.2 Å². The van der Waals surface area contributed by atoms with E-state index in [9.17, 15) is 9.59 Å². The highest BCUT2D eigenvalue weighted by molar-refractivity contribution is 6.87. The van der Waals surface area contributed by atoms with Gasteiger partial charge >= 0.3 is 20.5 Å². The van der Waals surface area contributed by atoms with Crippen molar-refractivity contribution in [3.05, 3.63) is 24.3 Å². The van der Waals surface area contributed by atoms with Crippen molar-refractivity contribution in [2.75, 3.05) is 12.5 Å². The molecule has 0 N–H and O–H groups in total. The summed E-state index contributed by atoms with van der Waals surface area (Å²) in [5.41, 5.74) is 0.873. The third-order valence-electron chi connectivity index (χ3n) is 2.48. The van der Waals surface area contributed by atoms with Crippen molar-refractivity contribution in [2.45, 2.75) is 59.7 Å². The maximum atomic E-state index is 11.5. The molecule has 0 amide bonds. The summed E-state index contributed by atoms with van der Waals surface area (Å²) in [4.78, 5) is 22.0. The quantitative estimate of drug-likeness (QED) is 0.305. The number of esters is 2. The molecule has 0 spiro atoms. The lowest BCUT2D eigenvalue weighted by atomic mass is 10.4. The van der Waals surface area contributed by atoms with E-state index in [1.54, 1.807) is 13.8 Å². The van der Waals surface area contributed by atoms with Gasteiger partial charge in [-0.25, -0.2) is 9.59 Å². The van der Waals surface area contributed by atoms with Crippen LogP contribution in [0.3, 0.4) is 0 Å². The Labute approximate surface area is 171 Å². The van der Waals surface area contributed by atoms with Crippen LogP contribution < -0.4 is 0 Å². The van der Waals surface area contributed by atoms with Crippen LogP contribution in [0, 0.1) is 0 Å². The van der Waals surface area contributed by atoms with Crippen LogP contribution in [0.4, 0.5) is 0 Å². The molecule has 6 nitrogen and oxygen atoms in total. The molecule has 0 bridgehead atoms. The van der Waals surface area contributed by atoms with E-state index >= 15 is 0 Å². The zero-order valence-corrected chi connectivity index (χ0v) is 23.8. The van der Waals surface area contributed by atoms with Gasteiger partial charge in [0.25, 0.3) is 0 Å². The molecule has 0 rings (SSSR count). The summed E-state index contributed by atoms with van der Waals surface area (Å²) in [5, 5.41) is 0. The number of carbonyl (C=O) groups excluding carboxylic acids is 2. The second-order valence-electron chi connectivity index (χ2n) is 8.42. The first-order valence-electron chi connectivity index (χ1n) is 8.98. The Kier molecular flexibility index (Phi) is 12.5. The first-order valence-corrected chi connectivity index (χ1v) is 19.7. The standard InChI is InChI=1S/C12H28O4Si3.C5H10O2Si/c1-11(2)12(13)14-10-19(9,15-17(3,4)5)16-18(6,7)8;1-4(2)5(6)7-3-8/h1,10H2,2-9H3;1,3H2,2,8H3. The molecule has 0 unspecified atom stereocenters. The highest BCUT2D eigenvalue weighted by Gasteiger charge is 2.41. The Hall–Kier alpha value is -0.792. The lowest BCUT2D eigenvalue weighted by molar-refractivity contribution is -0.138. The van der Waals surface area contributed by atoms with Gasteiger partial charge in [-0.2, -0.15) is 0 Å². The average Bonchev–Trinajstić information content (AvgIpc) is 2.41. The molecule has 0 saturated heterocycles. The molecule has 0 fully saturated rings. The van der Waals surface area contributed by atoms with Crippen LogP contribution >= 0.6 is 0 Å². The molecule has 0 aliphatic rings. The third kappa shape index (κ3) is 17.1. The second kappa shape index (κ2) is 11.9. The predicted octanol–water partition coefficient (Wildman–Crippen LogP) is 2.85. The van der Waals surface area contributed by atoms with Crippen LogP contribution in [0.15, 0.2) is 24.3 Å². The first-order chi connectivity index (χ1) is 11.9. The predicted molar refractivity (Wildman–Crippen MR) is 122 cm³/mol. The van der Waals surface area contributed by atoms with Gasteiger partial charge in [-0.15, -0.1) is 0 Å². The topological polar surface area (TPSA) is 71.1 Å². The lowest BCUT2D eigenvalue weighted by Gasteiger charge is -2.37. The summed E-state index contributed by atoms with van der Waals surface area (Å²) >= 11 is 0. The van der Waals surface area contributed by atoms with E-state index in [1.807, 2.05) is 6.55 Å². The van der Waals surface area contributed by atoms with Crippen molar-refractivity contribution in [3.8, 4) is 0 Å². The van der Waals surface area contributed by atoms with Gasteiger partial charge in [-0.05, 0) is 59.7 Å². The fraction of sp³-hybridized carbons (Fsp3) is 0.647. The van der Waals surface area contributed by atoms with Gasteiger partial charge in [0.05, 0.1) is 16.5 Å². The molecule has 0 aliphatic heterocycles. The van der Waals surface area contributed by atoms with E-state index in [2.05, 4.69) is 57.2 Å². The van der Waals surface area contributed by atoms with E-state index < -0.39 is 25.2 Å². The minimum Gasteiger partial charge on any atom is -0.467 e. The minimum atomic E-state index is -2.49. The third-order valence-corrected chi connectivity index (χ3v) is 11.8. The van der Waals surface area contributed by atoms with Gasteiger partial charge in [0, 0.05) is 11.1 Å². The largest absolute Gasteiger partial charge is 0.467 e. The summed E-state index contributed by atoms with van der Waals surface area (Å²) in [6.45, 7) is 25.0. The molecule has 0 atom stereocenters. The van der Waals surface area contributed by atoms with Gasteiger partial charge in [-0.3, -0.25) is 0 Å². The molecule has 10 heteroatoms. The van der Waals surface area contributed by atoms with Gasteiger partial charge in [0.2, 0.25) is 0 Å². The summed E-state index contributed by atoms with van der Waals surface area (Å²) in [6.07, 6.45) is 0.791. The zero-order valence-electron chi connectivity index (χ0n) is 18.8. The zero-order chi connectivity index (χ0) is 22.1. The van der Waals surface area contributed by atoms with Crippen LogP contribution in [-0.2, 0) is 27.3 Å². The van der Waals surface area contributed by atoms with Crippen molar-refractivity contribution in [2.24, 2.45) is 0 Å². The van der Waals surface area contributed by atoms with E-state index in [0.717, 1.165) is 10.2 Å². The molecule has 158 valence electrons. The first kappa shape index (κ1) is 28.4. The Bertz CT molecular complexity index is 519. The summed E-state index contributed by atoms with van der Waals surface area (Å²) in [6, 6.07) is 0. The number of rotatable bonds is 9. The van der Waals surface area contributed by atoms with Crippen LogP contribution in [-0.4, -0.2) is 59.8 Å². The summed E-state index contributed by atoms with van der Waals surface area (Å²) < 4.78 is 22.3. The highest BCUT2D eigenvalue weighted by Crippen LogP contribution is 2.21. The maximum Gasteiger partial charge on any atom is 0.353 e. The summed E-state index contributed by atoms with van der Waals surface area (Å²) in [5.74, 6) is -0.655. The van der Waals surface area contributed by atoms with Crippen LogP contribution in [0.1, 0.15) is 13.8 Å². The second-order valence-corrected chi connectivity index (χ2v) is 21.6. The number of hydrogen-bond acceptors (Lipinski definition) is 6. The van der Waals surface area contributed by atoms with Crippen molar-refractivity contribution in [1.29, 1.82) is 0 Å². The molecule has 0 saturated carbocycles. The van der Waals surface area contributed by atoms with Crippen LogP contribution in [0.2, 0.25) is 45.8 Å². The number of carbonyl (C=O) groups is 2. The number of ether oxygens (including phenoxy) is 2. The Morgan fingerprint density at radius 3 is 1.33 bits per heavy atom. The smallest absolute Gasteiger partial charge is 0.353 e. The molecule has 0 aliphatic carbocycles. The minimum absolute atomic E-state index is 0.229. The van der Waals surface area contributed by atoms with Crippen molar-refractivity contribution < 1.29 is 27.3 Å². The summed E-state index contributed by atoms with van der Waals surface area (Å²) in [7, 11) is -5.08. The van der Waals surface area contributed by atoms with Crippen molar-refractivity contribution in [3.63, 3.8) is 0 Å².